The Balaban J connectivity index is 5.62. The maximum absolute atomic E-state index is 12.6. The van der Waals surface area contributed by atoms with Crippen molar-refractivity contribution in [3.63, 3.8) is 0 Å². The van der Waals surface area contributed by atoms with Crippen LogP contribution in [0.5, 0.6) is 0 Å². The third-order valence-corrected chi connectivity index (χ3v) is 4.83. The van der Waals surface area contributed by atoms with Gasteiger partial charge in [0.25, 0.3) is 0 Å². The minimum absolute atomic E-state index is 0.0988. The molecule has 10 heteroatoms. The molecule has 0 aliphatic rings. The number of carbonyl (C=O) groups is 4. The summed E-state index contributed by atoms with van der Waals surface area (Å²) in [5, 5.41) is 19.4. The molecule has 0 rings (SSSR count). The maximum atomic E-state index is 12.6. The molecule has 0 aliphatic carbocycles. The van der Waals surface area contributed by atoms with Crippen molar-refractivity contribution < 1.29 is 48.3 Å². The fourth-order valence-corrected chi connectivity index (χ4v) is 3.09. The lowest BCUT2D eigenvalue weighted by Crippen LogP contribution is -2.52. The second-order valence-corrected chi connectivity index (χ2v) is 6.96. The molecule has 0 heterocycles. The van der Waals surface area contributed by atoms with Crippen molar-refractivity contribution >= 4 is 23.9 Å². The Bertz CT molecular complexity index is 596. The average molecular weight is 446 g/mol. The topological polar surface area (TPSA) is 146 Å². The number of ether oxygens (including phenoxy) is 4. The van der Waals surface area contributed by atoms with Gasteiger partial charge in [0.2, 0.25) is 0 Å². The summed E-state index contributed by atoms with van der Waals surface area (Å²) in [6.45, 7) is 10.4. The second-order valence-electron chi connectivity index (χ2n) is 6.96. The van der Waals surface area contributed by atoms with E-state index in [1.54, 1.807) is 0 Å². The van der Waals surface area contributed by atoms with E-state index >= 15 is 0 Å². The number of hydrogen-bond acceptors (Lipinski definition) is 8. The molecule has 0 spiro atoms. The van der Waals surface area contributed by atoms with Gasteiger partial charge in [0.15, 0.2) is 0 Å². The van der Waals surface area contributed by atoms with Crippen LogP contribution < -0.4 is 0 Å². The molecule has 0 saturated carbocycles. The minimum Gasteiger partial charge on any atom is -0.481 e. The van der Waals surface area contributed by atoms with Gasteiger partial charge in [-0.15, -0.1) is 0 Å². The number of carbonyl (C=O) groups excluding carboxylic acids is 2. The molecular weight excluding hydrogens is 412 g/mol. The van der Waals surface area contributed by atoms with Crippen LogP contribution in [0.25, 0.3) is 0 Å². The van der Waals surface area contributed by atoms with Gasteiger partial charge >= 0.3 is 23.9 Å². The SMILES string of the molecule is C=C(C(=O)O)C(C(=O)O)(C(C)C(=O)OCCOCCC)C(C)C(=O)OCCOCCC. The Labute approximate surface area is 182 Å². The highest BCUT2D eigenvalue weighted by molar-refractivity contribution is 6.01. The van der Waals surface area contributed by atoms with Crippen LogP contribution in [0.2, 0.25) is 0 Å². The summed E-state index contributed by atoms with van der Waals surface area (Å²) in [5.74, 6) is -8.42. The molecule has 0 saturated heterocycles. The molecule has 0 bridgehead atoms. The van der Waals surface area contributed by atoms with Crippen molar-refractivity contribution in [1.29, 1.82) is 0 Å². The predicted molar refractivity (Wildman–Crippen MR) is 109 cm³/mol. The van der Waals surface area contributed by atoms with Crippen molar-refractivity contribution in [2.24, 2.45) is 17.3 Å². The first-order valence-corrected chi connectivity index (χ1v) is 10.2. The van der Waals surface area contributed by atoms with Gasteiger partial charge in [-0.05, 0) is 12.8 Å². The van der Waals surface area contributed by atoms with Crippen LogP contribution in [0.1, 0.15) is 40.5 Å². The van der Waals surface area contributed by atoms with E-state index < -0.39 is 46.7 Å². The van der Waals surface area contributed by atoms with Crippen LogP contribution in [0.4, 0.5) is 0 Å². The second kappa shape index (κ2) is 14.5. The Morgan fingerprint density at radius 3 is 1.45 bits per heavy atom. The van der Waals surface area contributed by atoms with Crippen LogP contribution >= 0.6 is 0 Å². The van der Waals surface area contributed by atoms with Crippen molar-refractivity contribution in [3.8, 4) is 0 Å². The molecule has 2 N–H and O–H groups in total. The number of esters is 2. The first-order valence-electron chi connectivity index (χ1n) is 10.2. The molecule has 2 atom stereocenters. The van der Waals surface area contributed by atoms with Crippen molar-refractivity contribution in [2.75, 3.05) is 39.6 Å². The largest absolute Gasteiger partial charge is 0.481 e. The summed E-state index contributed by atoms with van der Waals surface area (Å²) in [6, 6.07) is 0. The van der Waals surface area contributed by atoms with Gasteiger partial charge in [0, 0.05) is 18.8 Å². The minimum atomic E-state index is -2.48. The Kier molecular flexibility index (Phi) is 13.4. The normalized spacial score (nSPS) is 14.7. The number of rotatable bonds is 17. The molecule has 2 unspecified atom stereocenters. The van der Waals surface area contributed by atoms with Crippen LogP contribution in [0, 0.1) is 17.3 Å². The van der Waals surface area contributed by atoms with E-state index in [1.807, 2.05) is 13.8 Å². The van der Waals surface area contributed by atoms with Gasteiger partial charge in [-0.2, -0.15) is 0 Å². The maximum Gasteiger partial charge on any atom is 0.332 e. The van der Waals surface area contributed by atoms with Crippen LogP contribution in [-0.4, -0.2) is 73.7 Å². The highest BCUT2D eigenvalue weighted by Gasteiger charge is 2.58. The van der Waals surface area contributed by atoms with Gasteiger partial charge in [-0.3, -0.25) is 14.4 Å². The average Bonchev–Trinajstić information content (AvgIpc) is 2.72. The molecule has 31 heavy (non-hydrogen) atoms. The van der Waals surface area contributed by atoms with Gasteiger partial charge in [0.1, 0.15) is 18.6 Å². The third-order valence-electron chi connectivity index (χ3n) is 4.83. The summed E-state index contributed by atoms with van der Waals surface area (Å²) in [7, 11) is 0. The lowest BCUT2D eigenvalue weighted by Gasteiger charge is -2.37. The van der Waals surface area contributed by atoms with Gasteiger partial charge in [-0.25, -0.2) is 4.79 Å². The van der Waals surface area contributed by atoms with E-state index in [0.717, 1.165) is 12.8 Å². The van der Waals surface area contributed by atoms with Crippen LogP contribution in [0.3, 0.4) is 0 Å². The standard InChI is InChI=1S/C21H34O10/c1-6-8-28-10-12-30-18(24)15(4)21(20(26)27,14(3)17(22)23)16(5)19(25)31-13-11-29-9-7-2/h15-16H,3,6-13H2,1-2,4-5H3,(H,22,23)(H,26,27). The zero-order valence-corrected chi connectivity index (χ0v) is 18.7. The monoisotopic (exact) mass is 446 g/mol. The molecule has 0 radical (unpaired) electrons. The molecule has 0 aliphatic heterocycles. The molecule has 0 amide bonds. The van der Waals surface area contributed by atoms with E-state index in [0.29, 0.717) is 13.2 Å². The molecule has 178 valence electrons. The zero-order valence-electron chi connectivity index (χ0n) is 18.7. The van der Waals surface area contributed by atoms with Crippen molar-refractivity contribution in [3.05, 3.63) is 12.2 Å². The highest BCUT2D eigenvalue weighted by atomic mass is 16.6. The van der Waals surface area contributed by atoms with E-state index in [4.69, 9.17) is 18.9 Å². The molecule has 10 nitrogen and oxygen atoms in total. The van der Waals surface area contributed by atoms with Crippen LogP contribution in [0.15, 0.2) is 12.2 Å². The number of carboxylic acids is 2. The summed E-state index contributed by atoms with van der Waals surface area (Å²) >= 11 is 0. The first kappa shape index (κ1) is 28.5. The summed E-state index contributed by atoms with van der Waals surface area (Å²) in [5.41, 5.74) is -3.30. The Morgan fingerprint density at radius 2 is 1.16 bits per heavy atom. The zero-order chi connectivity index (χ0) is 24.0. The number of hydrogen-bond donors (Lipinski definition) is 2. The van der Waals surface area contributed by atoms with Gasteiger partial charge < -0.3 is 29.2 Å². The fourth-order valence-electron chi connectivity index (χ4n) is 3.09. The third kappa shape index (κ3) is 7.95. The predicted octanol–water partition coefficient (Wildman–Crippen LogP) is 1.91. The van der Waals surface area contributed by atoms with E-state index in [2.05, 4.69) is 6.58 Å². The summed E-state index contributed by atoms with van der Waals surface area (Å²) in [4.78, 5) is 49.1. The first-order chi connectivity index (χ1) is 14.6. The van der Waals surface area contributed by atoms with Gasteiger partial charge in [0.05, 0.1) is 25.0 Å². The van der Waals surface area contributed by atoms with E-state index in [9.17, 15) is 29.4 Å². The quantitative estimate of drug-likeness (QED) is 0.193. The lowest BCUT2D eigenvalue weighted by atomic mass is 9.63. The van der Waals surface area contributed by atoms with Gasteiger partial charge in [-0.1, -0.05) is 34.3 Å². The smallest absolute Gasteiger partial charge is 0.332 e. The molecule has 0 aromatic heterocycles. The van der Waals surface area contributed by atoms with Crippen molar-refractivity contribution in [2.45, 2.75) is 40.5 Å². The molecule has 0 fully saturated rings. The molecular formula is C21H34O10. The van der Waals surface area contributed by atoms with E-state index in [1.165, 1.54) is 13.8 Å². The highest BCUT2D eigenvalue weighted by Crippen LogP contribution is 2.44. The number of aliphatic carboxylic acids is 2. The Morgan fingerprint density at radius 1 is 0.774 bits per heavy atom. The number of carboxylic acid groups (broad SMARTS) is 2. The summed E-state index contributed by atoms with van der Waals surface area (Å²) in [6.07, 6.45) is 1.54. The molecule has 0 aromatic rings. The molecule has 0 aromatic carbocycles. The lowest BCUT2D eigenvalue weighted by molar-refractivity contribution is -0.174. The van der Waals surface area contributed by atoms with Crippen LogP contribution in [-0.2, 0) is 38.1 Å². The van der Waals surface area contributed by atoms with E-state index in [-0.39, 0.29) is 26.4 Å². The Hall–Kier alpha value is -2.46. The van der Waals surface area contributed by atoms with Crippen molar-refractivity contribution in [1.82, 2.24) is 0 Å². The fraction of sp³-hybridized carbons (Fsp3) is 0.714. The summed E-state index contributed by atoms with van der Waals surface area (Å²) < 4.78 is 20.5.